The number of aliphatic imine (C=N–C) groups is 1. The first-order valence-electron chi connectivity index (χ1n) is 10.3. The predicted molar refractivity (Wildman–Crippen MR) is 137 cm³/mol. The first-order chi connectivity index (χ1) is 15.6. The number of halogens is 1. The number of aromatic nitrogens is 2. The molecule has 4 aromatic rings. The van der Waals surface area contributed by atoms with Crippen molar-refractivity contribution in [2.45, 2.75) is 26.3 Å². The monoisotopic (exact) mass is 524 g/mol. The van der Waals surface area contributed by atoms with Crippen molar-refractivity contribution in [1.29, 1.82) is 0 Å². The Labute approximate surface area is 204 Å². The van der Waals surface area contributed by atoms with Gasteiger partial charge in [0.05, 0.1) is 17.6 Å². The molecule has 162 valence electrons. The van der Waals surface area contributed by atoms with Gasteiger partial charge in [-0.05, 0) is 52.7 Å². The molecule has 1 amide bonds. The second kappa shape index (κ2) is 10.3. The summed E-state index contributed by atoms with van der Waals surface area (Å²) in [7, 11) is 0. The van der Waals surface area contributed by atoms with Crippen LogP contribution in [0.25, 0.3) is 11.0 Å². The van der Waals surface area contributed by atoms with Crippen LogP contribution in [0.2, 0.25) is 0 Å². The van der Waals surface area contributed by atoms with E-state index in [4.69, 9.17) is 17.7 Å². The summed E-state index contributed by atoms with van der Waals surface area (Å²) in [6.45, 7) is 2.91. The Morgan fingerprint density at radius 1 is 1.19 bits per heavy atom. The molecule has 0 unspecified atom stereocenters. The highest BCUT2D eigenvalue weighted by Crippen LogP contribution is 2.20. The number of rotatable bonds is 7. The largest absolute Gasteiger partial charge is 0.752 e. The Morgan fingerprint density at radius 3 is 2.66 bits per heavy atom. The molecular formula is C24H21BrN4OS2. The molecule has 0 aliphatic rings. The number of hydrogen-bond acceptors (Lipinski definition) is 4. The van der Waals surface area contributed by atoms with Gasteiger partial charge in [-0.15, -0.1) is 11.3 Å². The van der Waals surface area contributed by atoms with Crippen LogP contribution in [0.4, 0.5) is 0 Å². The zero-order valence-electron chi connectivity index (χ0n) is 17.4. The Hall–Kier alpha value is -2.68. The van der Waals surface area contributed by atoms with Crippen LogP contribution in [0, 0.1) is 0 Å². The van der Waals surface area contributed by atoms with Crippen molar-refractivity contribution in [1.82, 2.24) is 4.68 Å². The molecule has 0 spiro atoms. The van der Waals surface area contributed by atoms with Crippen molar-refractivity contribution < 1.29 is 9.36 Å². The molecule has 0 atom stereocenters. The van der Waals surface area contributed by atoms with E-state index in [0.29, 0.717) is 11.4 Å². The minimum Gasteiger partial charge on any atom is -0.752 e. The SMILES string of the molecule is CCCC[n+]1c(C([S-])=NC(=O)c2ccccc2)n(/N=C/c2cc(Br)cs2)c2ccccc21. The zero-order chi connectivity index (χ0) is 22.5. The zero-order valence-corrected chi connectivity index (χ0v) is 20.7. The molecule has 0 bridgehead atoms. The third-order valence-electron chi connectivity index (χ3n) is 4.90. The molecule has 2 heterocycles. The van der Waals surface area contributed by atoms with E-state index in [2.05, 4.69) is 32.4 Å². The first kappa shape index (κ1) is 22.5. The van der Waals surface area contributed by atoms with Crippen LogP contribution < -0.4 is 4.57 Å². The lowest BCUT2D eigenvalue weighted by Gasteiger charge is -2.09. The van der Waals surface area contributed by atoms with Gasteiger partial charge < -0.3 is 12.6 Å². The number of carbonyl (C=O) groups excluding carboxylic acids is 1. The van der Waals surface area contributed by atoms with Crippen LogP contribution >= 0.6 is 27.3 Å². The van der Waals surface area contributed by atoms with E-state index in [0.717, 1.165) is 39.8 Å². The summed E-state index contributed by atoms with van der Waals surface area (Å²) in [6, 6.07) is 19.0. The van der Waals surface area contributed by atoms with E-state index in [9.17, 15) is 4.79 Å². The minimum absolute atomic E-state index is 0.218. The lowest BCUT2D eigenvalue weighted by Crippen LogP contribution is -2.40. The maximum atomic E-state index is 12.7. The molecular weight excluding hydrogens is 504 g/mol. The van der Waals surface area contributed by atoms with Gasteiger partial charge in [0.2, 0.25) is 5.52 Å². The van der Waals surface area contributed by atoms with Crippen LogP contribution in [0.5, 0.6) is 0 Å². The van der Waals surface area contributed by atoms with Crippen LogP contribution in [0.3, 0.4) is 0 Å². The van der Waals surface area contributed by atoms with E-state index in [-0.39, 0.29) is 11.0 Å². The van der Waals surface area contributed by atoms with E-state index in [1.807, 2.05) is 53.9 Å². The van der Waals surface area contributed by atoms with Gasteiger partial charge in [-0.25, -0.2) is 9.56 Å². The van der Waals surface area contributed by atoms with E-state index in [1.165, 1.54) is 0 Å². The van der Waals surface area contributed by atoms with Gasteiger partial charge in [0.25, 0.3) is 5.91 Å². The highest BCUT2D eigenvalue weighted by Gasteiger charge is 2.25. The number of amides is 1. The van der Waals surface area contributed by atoms with E-state index in [1.54, 1.807) is 34.4 Å². The Balaban J connectivity index is 1.87. The number of nitrogens with zero attached hydrogens (tertiary/aromatic N) is 4. The van der Waals surface area contributed by atoms with Gasteiger partial charge in [0.15, 0.2) is 5.52 Å². The van der Waals surface area contributed by atoms with Crippen LogP contribution in [-0.4, -0.2) is 21.8 Å². The lowest BCUT2D eigenvalue weighted by atomic mass is 10.2. The highest BCUT2D eigenvalue weighted by atomic mass is 79.9. The summed E-state index contributed by atoms with van der Waals surface area (Å²) in [5.74, 6) is 0.270. The first-order valence-corrected chi connectivity index (χ1v) is 12.3. The topological polar surface area (TPSA) is 50.6 Å². The molecule has 2 aromatic carbocycles. The number of aryl methyl sites for hydroxylation is 1. The molecule has 0 radical (unpaired) electrons. The number of carbonyl (C=O) groups is 1. The van der Waals surface area contributed by atoms with Crippen LogP contribution in [0.15, 0.2) is 80.6 Å². The fraction of sp³-hybridized carbons (Fsp3) is 0.167. The summed E-state index contributed by atoms with van der Waals surface area (Å²) in [4.78, 5) is 18.0. The van der Waals surface area contributed by atoms with Crippen molar-refractivity contribution >= 4 is 68.1 Å². The number of thiophene rings is 1. The molecule has 4 rings (SSSR count). The molecule has 2 aromatic heterocycles. The summed E-state index contributed by atoms with van der Waals surface area (Å²) >= 11 is 10.8. The van der Waals surface area contributed by atoms with Crippen LogP contribution in [0.1, 0.15) is 40.8 Å². The Kier molecular flexibility index (Phi) is 7.24. The number of benzene rings is 2. The minimum atomic E-state index is -0.361. The lowest BCUT2D eigenvalue weighted by molar-refractivity contribution is -0.673. The normalized spacial score (nSPS) is 12.1. The smallest absolute Gasteiger partial charge is 0.307 e. The average molecular weight is 525 g/mol. The number of fused-ring (bicyclic) bond motifs is 1. The van der Waals surface area contributed by atoms with Gasteiger partial charge in [-0.1, -0.05) is 53.5 Å². The summed E-state index contributed by atoms with van der Waals surface area (Å²) in [6.07, 6.45) is 3.81. The van der Waals surface area contributed by atoms with Crippen molar-refractivity contribution in [3.8, 4) is 0 Å². The Bertz CT molecular complexity index is 1310. The quantitative estimate of drug-likeness (QED) is 0.137. The van der Waals surface area contributed by atoms with Crippen molar-refractivity contribution in [2.75, 3.05) is 0 Å². The maximum Gasteiger partial charge on any atom is 0.307 e. The predicted octanol–water partition coefficient (Wildman–Crippen LogP) is 5.57. The molecule has 0 saturated carbocycles. The third kappa shape index (κ3) is 4.87. The van der Waals surface area contributed by atoms with Crippen molar-refractivity contribution in [3.05, 3.63) is 86.8 Å². The Morgan fingerprint density at radius 2 is 1.94 bits per heavy atom. The summed E-state index contributed by atoms with van der Waals surface area (Å²) < 4.78 is 4.92. The number of hydrogen-bond donors (Lipinski definition) is 0. The van der Waals surface area contributed by atoms with Gasteiger partial charge >= 0.3 is 5.82 Å². The molecule has 0 aliphatic heterocycles. The summed E-state index contributed by atoms with van der Waals surface area (Å²) in [5.41, 5.74) is 2.42. The fourth-order valence-electron chi connectivity index (χ4n) is 3.38. The standard InChI is InChI=1S/C24H21BrN4OS2/c1-2-3-13-28-20-11-7-8-12-21(20)29(26-15-19-14-18(25)16-32-19)24(28)23(31)27-22(30)17-9-5-4-6-10-17/h4-12,14-16H,2-3,13H2,1H3/b26-15+. The number of imidazole rings is 1. The average Bonchev–Trinajstić information content (AvgIpc) is 3.37. The van der Waals surface area contributed by atoms with E-state index < -0.39 is 0 Å². The molecule has 0 saturated heterocycles. The van der Waals surface area contributed by atoms with E-state index >= 15 is 0 Å². The maximum absolute atomic E-state index is 12.7. The molecule has 0 fully saturated rings. The third-order valence-corrected chi connectivity index (χ3v) is 6.80. The molecule has 5 nitrogen and oxygen atoms in total. The molecule has 8 heteroatoms. The summed E-state index contributed by atoms with van der Waals surface area (Å²) in [5, 5.41) is 6.98. The second-order valence-electron chi connectivity index (χ2n) is 7.13. The fourth-order valence-corrected chi connectivity index (χ4v) is 4.96. The second-order valence-corrected chi connectivity index (χ2v) is 9.37. The molecule has 32 heavy (non-hydrogen) atoms. The van der Waals surface area contributed by atoms with Gasteiger partial charge in [-0.2, -0.15) is 0 Å². The van der Waals surface area contributed by atoms with Gasteiger partial charge in [0, 0.05) is 20.5 Å². The van der Waals surface area contributed by atoms with Gasteiger partial charge in [0.1, 0.15) is 0 Å². The van der Waals surface area contributed by atoms with Crippen molar-refractivity contribution in [2.24, 2.45) is 10.1 Å². The molecule has 0 N–H and O–H groups in total. The van der Waals surface area contributed by atoms with Gasteiger partial charge in [-0.3, -0.25) is 4.79 Å². The number of para-hydroxylation sites is 2. The highest BCUT2D eigenvalue weighted by molar-refractivity contribution is 9.10. The van der Waals surface area contributed by atoms with Crippen LogP contribution in [-0.2, 0) is 19.2 Å². The van der Waals surface area contributed by atoms with Crippen molar-refractivity contribution in [3.63, 3.8) is 0 Å². The molecule has 0 aliphatic carbocycles. The number of unbranched alkanes of at least 4 members (excludes halogenated alkanes) is 1.